The van der Waals surface area contributed by atoms with Crippen LogP contribution < -0.4 is 0 Å². The number of unbranched alkanes of at least 4 members (excludes halogenated alkanes) is 20. The van der Waals surface area contributed by atoms with Gasteiger partial charge in [-0.1, -0.05) is 208 Å². The fourth-order valence-electron chi connectivity index (χ4n) is 8.50. The molecule has 1 aliphatic heterocycles. The minimum atomic E-state index is -1.93. The van der Waals surface area contributed by atoms with Gasteiger partial charge in [0.25, 0.3) is 0 Å². The molecule has 0 bridgehead atoms. The van der Waals surface area contributed by atoms with Crippen LogP contribution in [0.2, 0.25) is 0 Å². The molecule has 6 atom stereocenters. The van der Waals surface area contributed by atoms with Crippen LogP contribution in [0.3, 0.4) is 0 Å². The number of carboxylic acids is 1. The van der Waals surface area contributed by atoms with Crippen LogP contribution in [-0.2, 0) is 42.9 Å². The monoisotopic (exact) mass is 1080 g/mol. The van der Waals surface area contributed by atoms with E-state index in [1.54, 1.807) is 0 Å². The van der Waals surface area contributed by atoms with Crippen molar-refractivity contribution in [2.24, 2.45) is 0 Å². The number of aliphatic carboxylic acids is 1. The van der Waals surface area contributed by atoms with E-state index in [9.17, 15) is 34.5 Å². The molecule has 1 heterocycles. The van der Waals surface area contributed by atoms with Crippen molar-refractivity contribution in [1.29, 1.82) is 0 Å². The van der Waals surface area contributed by atoms with Gasteiger partial charge >= 0.3 is 23.9 Å². The van der Waals surface area contributed by atoms with Gasteiger partial charge in [-0.15, -0.1) is 0 Å². The zero-order valence-corrected chi connectivity index (χ0v) is 48.2. The summed E-state index contributed by atoms with van der Waals surface area (Å²) >= 11 is 0. The van der Waals surface area contributed by atoms with Gasteiger partial charge in [0, 0.05) is 19.3 Å². The second-order valence-electron chi connectivity index (χ2n) is 20.2. The van der Waals surface area contributed by atoms with Crippen molar-refractivity contribution in [3.05, 3.63) is 97.2 Å². The van der Waals surface area contributed by atoms with E-state index in [1.807, 2.05) is 18.2 Å². The summed E-state index contributed by atoms with van der Waals surface area (Å²) in [6.45, 7) is 5.78. The molecular formula is C65H106O12. The van der Waals surface area contributed by atoms with Crippen LogP contribution in [0.4, 0.5) is 0 Å². The van der Waals surface area contributed by atoms with E-state index in [0.717, 1.165) is 116 Å². The molecule has 0 radical (unpaired) electrons. The summed E-state index contributed by atoms with van der Waals surface area (Å²) in [6.07, 6.45) is 56.7. The lowest BCUT2D eigenvalue weighted by molar-refractivity contribution is -0.301. The van der Waals surface area contributed by atoms with Gasteiger partial charge in [-0.05, 0) is 109 Å². The fraction of sp³-hybridized carbons (Fsp3) is 0.692. The maximum absolute atomic E-state index is 13.2. The molecule has 3 N–H and O–H groups in total. The molecule has 1 rings (SSSR count). The minimum absolute atomic E-state index is 0.0659. The number of esters is 3. The molecule has 0 aromatic rings. The molecule has 77 heavy (non-hydrogen) atoms. The summed E-state index contributed by atoms with van der Waals surface area (Å²) < 4.78 is 28.3. The zero-order chi connectivity index (χ0) is 56.1. The maximum atomic E-state index is 13.2. The van der Waals surface area contributed by atoms with E-state index in [2.05, 4.69) is 99.8 Å². The standard InChI is InChI=1S/C65H106O12/c1-4-7-10-13-16-19-22-25-27-29-31-34-36-39-42-45-48-51-57(66)73-54-56(75-58(67)52-49-46-43-40-38-35-32-30-28-26-23-20-17-14-11-8-5-2)55-74-65-63(61(70)60(69)62(77-65)64(71)72)76-59(68)53-50-47-44-41-37-33-24-21-18-15-12-9-6-3/h9,12,16-21,25-28,33,37,44,47,56,60-63,65,69-70H,4-8,10-11,13-15,22-24,29-32,34-36,38-43,45-46,48-55H2,1-3H3,(H,71,72)/b12-9-,19-16-,20-17-,21-18-,27-25-,28-26-,37-33-,47-44-. The van der Waals surface area contributed by atoms with E-state index >= 15 is 0 Å². The molecule has 12 heteroatoms. The van der Waals surface area contributed by atoms with Crippen LogP contribution in [0.5, 0.6) is 0 Å². The van der Waals surface area contributed by atoms with Gasteiger partial charge < -0.3 is 39.0 Å². The van der Waals surface area contributed by atoms with Gasteiger partial charge in [0.05, 0.1) is 6.61 Å². The van der Waals surface area contributed by atoms with E-state index in [0.29, 0.717) is 25.7 Å². The largest absolute Gasteiger partial charge is 0.479 e. The summed E-state index contributed by atoms with van der Waals surface area (Å²) in [5.74, 6) is -3.25. The molecule has 12 nitrogen and oxygen atoms in total. The van der Waals surface area contributed by atoms with E-state index in [4.69, 9.17) is 23.7 Å². The Labute approximate surface area is 466 Å². The highest BCUT2D eigenvalue weighted by Gasteiger charge is 2.50. The Morgan fingerprint density at radius 2 is 0.844 bits per heavy atom. The first-order chi connectivity index (χ1) is 37.6. The summed E-state index contributed by atoms with van der Waals surface area (Å²) in [7, 11) is 0. The summed E-state index contributed by atoms with van der Waals surface area (Å²) in [6, 6.07) is 0. The summed E-state index contributed by atoms with van der Waals surface area (Å²) in [5.41, 5.74) is 0. The molecule has 0 aliphatic carbocycles. The van der Waals surface area contributed by atoms with E-state index < -0.39 is 67.3 Å². The number of carbonyl (C=O) groups is 4. The van der Waals surface area contributed by atoms with Crippen molar-refractivity contribution in [1.82, 2.24) is 0 Å². The van der Waals surface area contributed by atoms with Gasteiger partial charge in [0.1, 0.15) is 18.8 Å². The third-order valence-electron chi connectivity index (χ3n) is 13.1. The number of hydrogen-bond acceptors (Lipinski definition) is 11. The van der Waals surface area contributed by atoms with Crippen molar-refractivity contribution in [3.8, 4) is 0 Å². The van der Waals surface area contributed by atoms with Crippen molar-refractivity contribution < 1.29 is 58.2 Å². The molecule has 6 unspecified atom stereocenters. The lowest BCUT2D eigenvalue weighted by atomic mass is 9.98. The smallest absolute Gasteiger partial charge is 0.335 e. The van der Waals surface area contributed by atoms with Crippen LogP contribution in [0.15, 0.2) is 97.2 Å². The van der Waals surface area contributed by atoms with Gasteiger partial charge in [-0.2, -0.15) is 0 Å². The molecular weight excluding hydrogens is 973 g/mol. The van der Waals surface area contributed by atoms with E-state index in [1.165, 1.54) is 57.8 Å². The normalized spacial score (nSPS) is 18.7. The number of hydrogen-bond donors (Lipinski definition) is 3. The third-order valence-corrected chi connectivity index (χ3v) is 13.1. The van der Waals surface area contributed by atoms with Gasteiger partial charge in [0.2, 0.25) is 0 Å². The SMILES string of the molecule is CC/C=C\C/C=C\C/C=C\C/C=C\CCC(=O)OC1C(OCC(COC(=O)CCCCCCCCC/C=C\C/C=C\CCCCC)OC(=O)CCCCCCCCC/C=C\C/C=C\CCCCC)OC(C(=O)O)C(O)C1O. The number of aliphatic hydroxyl groups is 2. The Balaban J connectivity index is 2.73. The Kier molecular flexibility index (Phi) is 48.0. The third kappa shape index (κ3) is 42.3. The average Bonchev–Trinajstić information content (AvgIpc) is 3.42. The zero-order valence-electron chi connectivity index (χ0n) is 48.2. The highest BCUT2D eigenvalue weighted by molar-refractivity contribution is 5.74. The highest BCUT2D eigenvalue weighted by Crippen LogP contribution is 2.26. The minimum Gasteiger partial charge on any atom is -0.479 e. The maximum Gasteiger partial charge on any atom is 0.335 e. The highest BCUT2D eigenvalue weighted by atomic mass is 16.7. The average molecular weight is 1080 g/mol. The molecule has 0 saturated carbocycles. The topological polar surface area (TPSA) is 175 Å². The van der Waals surface area contributed by atoms with Gasteiger partial charge in [-0.3, -0.25) is 14.4 Å². The summed E-state index contributed by atoms with van der Waals surface area (Å²) in [4.78, 5) is 51.1. The molecule has 1 saturated heterocycles. The predicted molar refractivity (Wildman–Crippen MR) is 312 cm³/mol. The van der Waals surface area contributed by atoms with Crippen molar-refractivity contribution >= 4 is 23.9 Å². The Bertz CT molecular complexity index is 1710. The summed E-state index contributed by atoms with van der Waals surface area (Å²) in [5, 5.41) is 31.5. The molecule has 1 fully saturated rings. The Morgan fingerprint density at radius 1 is 0.442 bits per heavy atom. The first-order valence-electron chi connectivity index (χ1n) is 30.2. The van der Waals surface area contributed by atoms with Crippen molar-refractivity contribution in [3.63, 3.8) is 0 Å². The van der Waals surface area contributed by atoms with Crippen LogP contribution >= 0.6 is 0 Å². The molecule has 1 aliphatic rings. The number of aliphatic hydroxyl groups excluding tert-OH is 2. The molecule has 0 spiro atoms. The first-order valence-corrected chi connectivity index (χ1v) is 30.2. The Morgan fingerprint density at radius 3 is 1.30 bits per heavy atom. The molecule has 0 aromatic carbocycles. The lowest BCUT2D eigenvalue weighted by Crippen LogP contribution is -2.61. The number of rotatable bonds is 50. The number of ether oxygens (including phenoxy) is 5. The van der Waals surface area contributed by atoms with Crippen LogP contribution in [0, 0.1) is 0 Å². The fourth-order valence-corrected chi connectivity index (χ4v) is 8.50. The molecule has 0 amide bonds. The molecule has 0 aromatic heterocycles. The van der Waals surface area contributed by atoms with Crippen LogP contribution in [-0.4, -0.2) is 89.2 Å². The quantitative estimate of drug-likeness (QED) is 0.0228. The first kappa shape index (κ1) is 70.7. The second-order valence-corrected chi connectivity index (χ2v) is 20.2. The predicted octanol–water partition coefficient (Wildman–Crippen LogP) is 15.7. The number of carbonyl (C=O) groups excluding carboxylic acids is 3. The number of carboxylic acid groups (broad SMARTS) is 1. The second kappa shape index (κ2) is 52.3. The lowest BCUT2D eigenvalue weighted by Gasteiger charge is -2.40. The van der Waals surface area contributed by atoms with Crippen LogP contribution in [0.1, 0.15) is 239 Å². The van der Waals surface area contributed by atoms with Crippen molar-refractivity contribution in [2.45, 2.75) is 276 Å². The number of allylic oxidation sites excluding steroid dienone is 16. The van der Waals surface area contributed by atoms with E-state index in [-0.39, 0.29) is 25.9 Å². The van der Waals surface area contributed by atoms with Gasteiger partial charge in [0.15, 0.2) is 24.6 Å². The van der Waals surface area contributed by atoms with Gasteiger partial charge in [-0.25, -0.2) is 4.79 Å². The van der Waals surface area contributed by atoms with Crippen LogP contribution in [0.25, 0.3) is 0 Å². The Hall–Kier alpha value is -4.36. The van der Waals surface area contributed by atoms with Crippen molar-refractivity contribution in [2.75, 3.05) is 13.2 Å². The molecule has 438 valence electrons.